The Balaban J connectivity index is 1.66. The molecule has 2 nitrogen and oxygen atoms in total. The minimum atomic E-state index is -0.472. The van der Waals surface area contributed by atoms with E-state index < -0.39 is 5.60 Å². The lowest BCUT2D eigenvalue weighted by atomic mass is 9.52. The fraction of sp³-hybridized carbons (Fsp3) is 0.842. The van der Waals surface area contributed by atoms with Crippen LogP contribution in [0.5, 0.6) is 0 Å². The van der Waals surface area contributed by atoms with E-state index in [1.165, 1.54) is 24.8 Å². The molecule has 0 spiro atoms. The molecule has 5 atom stereocenters. The maximum absolute atomic E-state index is 11.7. The molecule has 0 bridgehead atoms. The van der Waals surface area contributed by atoms with Crippen molar-refractivity contribution in [1.82, 2.24) is 0 Å². The smallest absolute Gasteiger partial charge is 0.137 e. The largest absolute Gasteiger partial charge is 0.390 e. The first-order chi connectivity index (χ1) is 9.92. The van der Waals surface area contributed by atoms with E-state index in [9.17, 15) is 9.90 Å². The number of carbonyl (C=O) groups is 1. The maximum Gasteiger partial charge on any atom is 0.137 e. The molecule has 0 aromatic carbocycles. The number of fused-ring (bicyclic) bond motifs is 4. The van der Waals surface area contributed by atoms with Gasteiger partial charge in [0, 0.05) is 12.8 Å². The Kier molecular flexibility index (Phi) is 2.96. The third-order valence-electron chi connectivity index (χ3n) is 7.76. The normalized spacial score (nSPS) is 49.7. The number of allylic oxidation sites excluding steroid dienone is 2. The second-order valence-corrected chi connectivity index (χ2v) is 8.53. The van der Waals surface area contributed by atoms with Gasteiger partial charge in [-0.3, -0.25) is 4.79 Å². The van der Waals surface area contributed by atoms with Crippen molar-refractivity contribution in [2.75, 3.05) is 0 Å². The van der Waals surface area contributed by atoms with E-state index in [4.69, 9.17) is 0 Å². The highest BCUT2D eigenvalue weighted by molar-refractivity contribution is 5.82. The van der Waals surface area contributed by atoms with Crippen molar-refractivity contribution in [3.05, 3.63) is 11.1 Å². The lowest BCUT2D eigenvalue weighted by Crippen LogP contribution is -2.50. The predicted octanol–water partition coefficient (Wildman–Crippen LogP) is 4.02. The monoisotopic (exact) mass is 288 g/mol. The first-order valence-electron chi connectivity index (χ1n) is 8.87. The number of carbonyl (C=O) groups excluding carboxylic acids is 1. The number of Topliss-reactive ketones (excluding diaryl/α,β-unsaturated/α-hetero) is 1. The van der Waals surface area contributed by atoms with E-state index in [0.29, 0.717) is 11.7 Å². The molecular weight excluding hydrogens is 260 g/mol. The summed E-state index contributed by atoms with van der Waals surface area (Å²) in [4.78, 5) is 11.7. The van der Waals surface area contributed by atoms with Crippen LogP contribution in [0.25, 0.3) is 0 Å². The van der Waals surface area contributed by atoms with Crippen molar-refractivity contribution in [2.24, 2.45) is 23.2 Å². The summed E-state index contributed by atoms with van der Waals surface area (Å²) in [5.41, 5.74) is 2.82. The third kappa shape index (κ3) is 1.84. The summed E-state index contributed by atoms with van der Waals surface area (Å²) in [7, 11) is 0. The van der Waals surface area contributed by atoms with Crippen molar-refractivity contribution in [1.29, 1.82) is 0 Å². The van der Waals surface area contributed by atoms with Gasteiger partial charge in [0.2, 0.25) is 0 Å². The molecule has 116 valence electrons. The number of aliphatic hydroxyl groups is 1. The van der Waals surface area contributed by atoms with Crippen LogP contribution < -0.4 is 0 Å². The zero-order valence-electron chi connectivity index (χ0n) is 13.5. The Bertz CT molecular complexity index is 516. The summed E-state index contributed by atoms with van der Waals surface area (Å²) in [5, 5.41) is 10.8. The fourth-order valence-electron chi connectivity index (χ4n) is 6.29. The van der Waals surface area contributed by atoms with E-state index in [0.717, 1.165) is 50.4 Å². The second kappa shape index (κ2) is 4.44. The average Bonchev–Trinajstić information content (AvgIpc) is 2.69. The second-order valence-electron chi connectivity index (χ2n) is 8.53. The Hall–Kier alpha value is -0.630. The molecule has 0 aromatic heterocycles. The van der Waals surface area contributed by atoms with Crippen molar-refractivity contribution >= 4 is 5.78 Å². The molecule has 2 saturated carbocycles. The van der Waals surface area contributed by atoms with Gasteiger partial charge in [-0.1, -0.05) is 18.1 Å². The van der Waals surface area contributed by atoms with Crippen LogP contribution in [0.15, 0.2) is 11.1 Å². The summed E-state index contributed by atoms with van der Waals surface area (Å²) in [6, 6.07) is 0. The Morgan fingerprint density at radius 2 is 1.86 bits per heavy atom. The van der Waals surface area contributed by atoms with E-state index in [1.54, 1.807) is 5.57 Å². The van der Waals surface area contributed by atoms with Crippen molar-refractivity contribution in [3.63, 3.8) is 0 Å². The molecule has 0 saturated heterocycles. The van der Waals surface area contributed by atoms with Crippen molar-refractivity contribution < 1.29 is 9.90 Å². The quantitative estimate of drug-likeness (QED) is 0.683. The van der Waals surface area contributed by atoms with Crippen LogP contribution in [-0.4, -0.2) is 16.5 Å². The molecular formula is C19H28O2. The molecule has 4 rings (SSSR count). The van der Waals surface area contributed by atoms with Crippen LogP contribution in [-0.2, 0) is 4.79 Å². The SMILES string of the molecule is C[C@]1(O)CC[C@H]2[C@H]3CCC4=C(CCC(=O)C4)[C@@H]3CC[C@@]21C. The molecule has 0 amide bonds. The summed E-state index contributed by atoms with van der Waals surface area (Å²) >= 11 is 0. The van der Waals surface area contributed by atoms with Gasteiger partial charge in [0.15, 0.2) is 0 Å². The Labute approximate surface area is 128 Å². The minimum Gasteiger partial charge on any atom is -0.390 e. The van der Waals surface area contributed by atoms with E-state index in [1.807, 2.05) is 0 Å². The summed E-state index contributed by atoms with van der Waals surface area (Å²) in [5.74, 6) is 2.65. The van der Waals surface area contributed by atoms with Gasteiger partial charge in [-0.25, -0.2) is 0 Å². The fourth-order valence-corrected chi connectivity index (χ4v) is 6.29. The van der Waals surface area contributed by atoms with Crippen LogP contribution in [0.2, 0.25) is 0 Å². The number of ketones is 1. The van der Waals surface area contributed by atoms with Crippen LogP contribution in [0, 0.1) is 23.2 Å². The van der Waals surface area contributed by atoms with Crippen LogP contribution in [0.3, 0.4) is 0 Å². The lowest BCUT2D eigenvalue weighted by molar-refractivity contribution is -0.119. The van der Waals surface area contributed by atoms with Crippen LogP contribution >= 0.6 is 0 Å². The Morgan fingerprint density at radius 3 is 2.67 bits per heavy atom. The summed E-state index contributed by atoms with van der Waals surface area (Å²) in [6.07, 6.45) is 9.55. The minimum absolute atomic E-state index is 0.122. The van der Waals surface area contributed by atoms with Gasteiger partial charge in [0.05, 0.1) is 5.60 Å². The van der Waals surface area contributed by atoms with E-state index in [2.05, 4.69) is 13.8 Å². The van der Waals surface area contributed by atoms with Gasteiger partial charge >= 0.3 is 0 Å². The zero-order valence-corrected chi connectivity index (χ0v) is 13.5. The molecule has 2 fully saturated rings. The molecule has 0 aliphatic heterocycles. The molecule has 2 heteroatoms. The number of hydrogen-bond donors (Lipinski definition) is 1. The molecule has 1 N–H and O–H groups in total. The lowest BCUT2D eigenvalue weighted by Gasteiger charge is -2.53. The van der Waals surface area contributed by atoms with Gasteiger partial charge in [-0.05, 0) is 75.0 Å². The topological polar surface area (TPSA) is 37.3 Å². The molecule has 0 radical (unpaired) electrons. The molecule has 21 heavy (non-hydrogen) atoms. The highest BCUT2D eigenvalue weighted by Gasteiger charge is 2.59. The van der Waals surface area contributed by atoms with E-state index >= 15 is 0 Å². The third-order valence-corrected chi connectivity index (χ3v) is 7.76. The number of rotatable bonds is 0. The molecule has 4 aliphatic rings. The molecule has 0 unspecified atom stereocenters. The molecule has 0 heterocycles. The summed E-state index contributed by atoms with van der Waals surface area (Å²) < 4.78 is 0. The van der Waals surface area contributed by atoms with Gasteiger partial charge in [-0.15, -0.1) is 0 Å². The highest BCUT2D eigenvalue weighted by atomic mass is 16.3. The first-order valence-corrected chi connectivity index (χ1v) is 8.87. The van der Waals surface area contributed by atoms with Crippen LogP contribution in [0.4, 0.5) is 0 Å². The Morgan fingerprint density at radius 1 is 1.05 bits per heavy atom. The first kappa shape index (κ1) is 14.0. The van der Waals surface area contributed by atoms with Crippen molar-refractivity contribution in [3.8, 4) is 0 Å². The molecule has 0 aromatic rings. The van der Waals surface area contributed by atoms with Gasteiger partial charge < -0.3 is 5.11 Å². The van der Waals surface area contributed by atoms with Gasteiger partial charge in [-0.2, -0.15) is 0 Å². The van der Waals surface area contributed by atoms with Gasteiger partial charge in [0.25, 0.3) is 0 Å². The highest BCUT2D eigenvalue weighted by Crippen LogP contribution is 2.64. The van der Waals surface area contributed by atoms with Crippen molar-refractivity contribution in [2.45, 2.75) is 77.2 Å². The zero-order chi connectivity index (χ0) is 14.8. The van der Waals surface area contributed by atoms with E-state index in [-0.39, 0.29) is 5.41 Å². The van der Waals surface area contributed by atoms with Gasteiger partial charge in [0.1, 0.15) is 5.78 Å². The predicted molar refractivity (Wildman–Crippen MR) is 82.8 cm³/mol. The molecule has 4 aliphatic carbocycles. The summed E-state index contributed by atoms with van der Waals surface area (Å²) in [6.45, 7) is 4.41. The maximum atomic E-state index is 11.7. The standard InChI is InChI=1S/C19H28O2/c1-18-9-7-15-14-6-4-13(20)11-12(14)3-5-16(15)17(18)8-10-19(18,2)21/h15-17,21H,3-11H2,1-2H3/t15-,16-,17-,18-,19-/m0/s1. The van der Waals surface area contributed by atoms with Crippen LogP contribution in [0.1, 0.15) is 71.6 Å². The number of hydrogen-bond acceptors (Lipinski definition) is 2. The average molecular weight is 288 g/mol.